The molecule has 22 heavy (non-hydrogen) atoms. The van der Waals surface area contributed by atoms with E-state index in [4.69, 9.17) is 4.42 Å². The van der Waals surface area contributed by atoms with Gasteiger partial charge in [0.1, 0.15) is 5.52 Å². The Bertz CT molecular complexity index is 834. The van der Waals surface area contributed by atoms with Crippen molar-refractivity contribution in [3.63, 3.8) is 0 Å². The maximum atomic E-state index is 11.8. The smallest absolute Gasteiger partial charge is 0.227 e. The molecule has 0 unspecified atom stereocenters. The highest BCUT2D eigenvalue weighted by Gasteiger charge is 2.11. The van der Waals surface area contributed by atoms with E-state index < -0.39 is 0 Å². The van der Waals surface area contributed by atoms with E-state index in [-0.39, 0.29) is 11.8 Å². The lowest BCUT2D eigenvalue weighted by molar-refractivity contribution is -0.118. The number of carbonyl (C=O) groups excluding carboxylic acids is 1. The van der Waals surface area contributed by atoms with Crippen molar-refractivity contribution in [1.29, 1.82) is 0 Å². The molecule has 0 aliphatic heterocycles. The summed E-state index contributed by atoms with van der Waals surface area (Å²) in [5.74, 6) is 0.488. The van der Waals surface area contributed by atoms with Gasteiger partial charge in [-0.1, -0.05) is 26.0 Å². The zero-order valence-electron chi connectivity index (χ0n) is 12.9. The topological polar surface area (TPSA) is 55.1 Å². The Morgan fingerprint density at radius 1 is 1.18 bits per heavy atom. The lowest BCUT2D eigenvalue weighted by atomic mass is 10.1. The largest absolute Gasteiger partial charge is 0.436 e. The van der Waals surface area contributed by atoms with Gasteiger partial charge in [0.15, 0.2) is 5.58 Å². The number of amides is 1. The van der Waals surface area contributed by atoms with E-state index in [1.54, 1.807) is 0 Å². The Morgan fingerprint density at radius 3 is 2.77 bits per heavy atom. The van der Waals surface area contributed by atoms with Crippen LogP contribution in [0.4, 0.5) is 5.69 Å². The lowest BCUT2D eigenvalue weighted by Gasteiger charge is -2.08. The van der Waals surface area contributed by atoms with Gasteiger partial charge < -0.3 is 9.73 Å². The molecule has 2 aromatic carbocycles. The van der Waals surface area contributed by atoms with Crippen molar-refractivity contribution in [3.8, 4) is 11.5 Å². The Hall–Kier alpha value is -2.62. The number of nitrogens with one attached hydrogen (secondary N) is 1. The van der Waals surface area contributed by atoms with Gasteiger partial charge in [-0.05, 0) is 42.8 Å². The molecule has 0 radical (unpaired) electrons. The normalized spacial score (nSPS) is 11.1. The Kier molecular flexibility index (Phi) is 3.67. The maximum absolute atomic E-state index is 11.8. The Morgan fingerprint density at radius 2 is 2.00 bits per heavy atom. The van der Waals surface area contributed by atoms with Gasteiger partial charge >= 0.3 is 0 Å². The van der Waals surface area contributed by atoms with Gasteiger partial charge in [-0.2, -0.15) is 0 Å². The summed E-state index contributed by atoms with van der Waals surface area (Å²) >= 11 is 0. The minimum Gasteiger partial charge on any atom is -0.436 e. The molecular formula is C18H18N2O2. The van der Waals surface area contributed by atoms with E-state index in [2.05, 4.69) is 10.3 Å². The van der Waals surface area contributed by atoms with Crippen LogP contribution in [0.1, 0.15) is 19.4 Å². The number of anilines is 1. The van der Waals surface area contributed by atoms with Gasteiger partial charge in [0, 0.05) is 17.2 Å². The first-order valence-electron chi connectivity index (χ1n) is 7.31. The summed E-state index contributed by atoms with van der Waals surface area (Å²) in [6.07, 6.45) is 0. The third kappa shape index (κ3) is 2.86. The van der Waals surface area contributed by atoms with Gasteiger partial charge in [0.05, 0.1) is 0 Å². The molecule has 0 aliphatic carbocycles. The predicted molar refractivity (Wildman–Crippen MR) is 87.6 cm³/mol. The third-order valence-electron chi connectivity index (χ3n) is 3.44. The second-order valence-electron chi connectivity index (χ2n) is 5.71. The van der Waals surface area contributed by atoms with E-state index in [9.17, 15) is 4.79 Å². The fourth-order valence-electron chi connectivity index (χ4n) is 2.18. The fourth-order valence-corrected chi connectivity index (χ4v) is 2.18. The summed E-state index contributed by atoms with van der Waals surface area (Å²) in [7, 11) is 0. The summed E-state index contributed by atoms with van der Waals surface area (Å²) in [4.78, 5) is 16.3. The highest BCUT2D eigenvalue weighted by Crippen LogP contribution is 2.26. The SMILES string of the molecule is Cc1ccc2oc(-c3cccc(NC(=O)C(C)C)c3)nc2c1. The Balaban J connectivity index is 1.94. The zero-order chi connectivity index (χ0) is 15.7. The Labute approximate surface area is 129 Å². The first-order valence-corrected chi connectivity index (χ1v) is 7.31. The minimum absolute atomic E-state index is 0.00894. The quantitative estimate of drug-likeness (QED) is 0.779. The van der Waals surface area contributed by atoms with Gasteiger partial charge in [0.2, 0.25) is 11.8 Å². The predicted octanol–water partition coefficient (Wildman–Crippen LogP) is 4.40. The van der Waals surface area contributed by atoms with Crippen LogP contribution in [0.25, 0.3) is 22.6 Å². The molecule has 4 heteroatoms. The summed E-state index contributed by atoms with van der Waals surface area (Å²) in [5, 5.41) is 2.89. The second-order valence-corrected chi connectivity index (χ2v) is 5.71. The molecule has 0 saturated carbocycles. The molecule has 3 rings (SSSR count). The van der Waals surface area contributed by atoms with Crippen molar-refractivity contribution in [2.24, 2.45) is 5.92 Å². The molecule has 0 atom stereocenters. The molecule has 0 aliphatic rings. The van der Waals surface area contributed by atoms with Gasteiger partial charge in [-0.25, -0.2) is 4.98 Å². The van der Waals surface area contributed by atoms with Gasteiger partial charge in [0.25, 0.3) is 0 Å². The molecule has 1 N–H and O–H groups in total. The van der Waals surface area contributed by atoms with Gasteiger partial charge in [-0.15, -0.1) is 0 Å². The van der Waals surface area contributed by atoms with E-state index in [1.165, 1.54) is 0 Å². The van der Waals surface area contributed by atoms with Crippen LogP contribution in [-0.2, 0) is 4.79 Å². The monoisotopic (exact) mass is 294 g/mol. The van der Waals surface area contributed by atoms with Crippen molar-refractivity contribution in [2.75, 3.05) is 5.32 Å². The zero-order valence-corrected chi connectivity index (χ0v) is 12.9. The number of hydrogen-bond acceptors (Lipinski definition) is 3. The molecule has 4 nitrogen and oxygen atoms in total. The number of carbonyl (C=O) groups is 1. The van der Waals surface area contributed by atoms with Crippen molar-refractivity contribution < 1.29 is 9.21 Å². The second kappa shape index (κ2) is 5.64. The maximum Gasteiger partial charge on any atom is 0.227 e. The highest BCUT2D eigenvalue weighted by molar-refractivity contribution is 5.92. The first-order chi connectivity index (χ1) is 10.5. The lowest BCUT2D eigenvalue weighted by Crippen LogP contribution is -2.17. The third-order valence-corrected chi connectivity index (χ3v) is 3.44. The molecule has 112 valence electrons. The molecule has 1 heterocycles. The average Bonchev–Trinajstić information content (AvgIpc) is 2.90. The number of rotatable bonds is 3. The number of fused-ring (bicyclic) bond motifs is 1. The minimum atomic E-state index is -0.0593. The van der Waals surface area contributed by atoms with Crippen LogP contribution in [0.3, 0.4) is 0 Å². The number of aromatic nitrogens is 1. The van der Waals surface area contributed by atoms with E-state index in [1.807, 2.05) is 63.2 Å². The van der Waals surface area contributed by atoms with Crippen LogP contribution in [0, 0.1) is 12.8 Å². The molecule has 0 bridgehead atoms. The summed E-state index contributed by atoms with van der Waals surface area (Å²) < 4.78 is 5.79. The van der Waals surface area contributed by atoms with Crippen molar-refractivity contribution in [3.05, 3.63) is 48.0 Å². The first kappa shape index (κ1) is 14.3. The van der Waals surface area contributed by atoms with Crippen LogP contribution in [0.15, 0.2) is 46.9 Å². The van der Waals surface area contributed by atoms with Crippen LogP contribution >= 0.6 is 0 Å². The number of aryl methyl sites for hydroxylation is 1. The molecule has 3 aromatic rings. The summed E-state index contributed by atoms with van der Waals surface area (Å²) in [5.41, 5.74) is 4.33. The van der Waals surface area contributed by atoms with Crippen LogP contribution in [0.5, 0.6) is 0 Å². The molecule has 0 saturated heterocycles. The molecule has 1 aromatic heterocycles. The standard InChI is InChI=1S/C18H18N2O2/c1-11(2)17(21)19-14-6-4-5-13(10-14)18-20-15-9-12(3)7-8-16(15)22-18/h4-11H,1-3H3,(H,19,21). The van der Waals surface area contributed by atoms with Crippen molar-refractivity contribution >= 4 is 22.7 Å². The van der Waals surface area contributed by atoms with E-state index in [0.29, 0.717) is 5.89 Å². The van der Waals surface area contributed by atoms with Crippen molar-refractivity contribution in [2.45, 2.75) is 20.8 Å². The molecule has 0 spiro atoms. The van der Waals surface area contributed by atoms with Crippen LogP contribution in [-0.4, -0.2) is 10.9 Å². The number of nitrogens with zero attached hydrogens (tertiary/aromatic N) is 1. The van der Waals surface area contributed by atoms with Crippen molar-refractivity contribution in [1.82, 2.24) is 4.98 Å². The number of benzene rings is 2. The average molecular weight is 294 g/mol. The highest BCUT2D eigenvalue weighted by atomic mass is 16.3. The number of hydrogen-bond donors (Lipinski definition) is 1. The summed E-state index contributed by atoms with van der Waals surface area (Å²) in [6, 6.07) is 13.4. The van der Waals surface area contributed by atoms with Gasteiger partial charge in [-0.3, -0.25) is 4.79 Å². The number of oxazole rings is 1. The fraction of sp³-hybridized carbons (Fsp3) is 0.222. The molecule has 0 fully saturated rings. The van der Waals surface area contributed by atoms with Crippen LogP contribution < -0.4 is 5.32 Å². The molecular weight excluding hydrogens is 276 g/mol. The van der Waals surface area contributed by atoms with E-state index >= 15 is 0 Å². The van der Waals surface area contributed by atoms with Crippen LogP contribution in [0.2, 0.25) is 0 Å². The van der Waals surface area contributed by atoms with E-state index in [0.717, 1.165) is 27.9 Å². The molecule has 1 amide bonds. The summed E-state index contributed by atoms with van der Waals surface area (Å²) in [6.45, 7) is 5.75.